The van der Waals surface area contributed by atoms with Crippen molar-refractivity contribution in [3.05, 3.63) is 60.2 Å². The molecule has 1 aliphatic heterocycles. The second-order valence-electron chi connectivity index (χ2n) is 5.43. The maximum absolute atomic E-state index is 12.4. The number of aromatic nitrogens is 2. The van der Waals surface area contributed by atoms with Gasteiger partial charge >= 0.3 is 6.03 Å². The lowest BCUT2D eigenvalue weighted by atomic mass is 10.3. The summed E-state index contributed by atoms with van der Waals surface area (Å²) >= 11 is 0. The van der Waals surface area contributed by atoms with E-state index in [1.807, 2.05) is 6.07 Å². The predicted octanol–water partition coefficient (Wildman–Crippen LogP) is 1.29. The van der Waals surface area contributed by atoms with Gasteiger partial charge in [0, 0.05) is 35.9 Å². The lowest BCUT2D eigenvalue weighted by Crippen LogP contribution is -2.40. The van der Waals surface area contributed by atoms with Crippen molar-refractivity contribution < 1.29 is 9.90 Å². The molecule has 0 bridgehead atoms. The first-order valence-electron chi connectivity index (χ1n) is 7.28. The minimum Gasteiger partial charge on any atom is -0.368 e. The van der Waals surface area contributed by atoms with Crippen molar-refractivity contribution in [3.63, 3.8) is 0 Å². The van der Waals surface area contributed by atoms with Crippen LogP contribution in [0, 0.1) is 0 Å². The Labute approximate surface area is 138 Å². The second-order valence-corrected chi connectivity index (χ2v) is 5.43. The van der Waals surface area contributed by atoms with Crippen LogP contribution >= 0.6 is 0 Å². The third-order valence-electron chi connectivity index (χ3n) is 3.34. The zero-order valence-corrected chi connectivity index (χ0v) is 13.0. The number of hydrogen-bond acceptors (Lipinski definition) is 6. The summed E-state index contributed by atoms with van der Waals surface area (Å²) in [5, 5.41) is 20.8. The highest BCUT2D eigenvalue weighted by Crippen LogP contribution is 2.24. The number of urea groups is 1. The largest absolute Gasteiger partial charge is 0.368 e. The van der Waals surface area contributed by atoms with Gasteiger partial charge in [-0.05, 0) is 19.1 Å². The summed E-state index contributed by atoms with van der Waals surface area (Å²) in [6.07, 6.45) is 9.50. The Morgan fingerprint density at radius 1 is 1.12 bits per heavy atom. The fraction of sp³-hybridized carbons (Fsp3) is 0.188. The molecule has 3 heterocycles. The zero-order valence-electron chi connectivity index (χ0n) is 13.0. The van der Waals surface area contributed by atoms with Gasteiger partial charge in [-0.1, -0.05) is 12.1 Å². The van der Waals surface area contributed by atoms with Crippen LogP contribution in [0.4, 0.5) is 4.79 Å². The molecule has 0 aliphatic carbocycles. The summed E-state index contributed by atoms with van der Waals surface area (Å²) in [7, 11) is 0. The van der Waals surface area contributed by atoms with Crippen molar-refractivity contribution in [2.75, 3.05) is 6.54 Å². The summed E-state index contributed by atoms with van der Waals surface area (Å²) in [5.41, 5.74) is 0.0166. The van der Waals surface area contributed by atoms with Crippen LogP contribution in [0.25, 0.3) is 0 Å². The van der Waals surface area contributed by atoms with E-state index in [1.54, 1.807) is 43.0 Å². The normalized spacial score (nSPS) is 21.3. The molecule has 122 valence electrons. The van der Waals surface area contributed by atoms with Crippen molar-refractivity contribution in [2.45, 2.75) is 12.6 Å². The van der Waals surface area contributed by atoms with E-state index in [2.05, 4.69) is 20.2 Å². The number of β-amino-alcohol motifs (C(OH)–C–C–N with tert-alkyl or cyclic N) is 1. The first-order chi connectivity index (χ1) is 11.6. The molecule has 1 aliphatic rings. The molecular weight excluding hydrogens is 308 g/mol. The Balaban J connectivity index is 1.75. The summed E-state index contributed by atoms with van der Waals surface area (Å²) < 4.78 is 0. The van der Waals surface area contributed by atoms with Gasteiger partial charge in [0.25, 0.3) is 0 Å². The number of pyridine rings is 2. The third kappa shape index (κ3) is 3.44. The Morgan fingerprint density at radius 3 is 2.25 bits per heavy atom. The quantitative estimate of drug-likeness (QED) is 0.857. The van der Waals surface area contributed by atoms with Crippen LogP contribution in [-0.4, -0.2) is 55.8 Å². The Bertz CT molecular complexity index is 761. The number of nitrogens with zero attached hydrogens (tertiary/aromatic N) is 6. The van der Waals surface area contributed by atoms with Crippen LogP contribution in [0.5, 0.6) is 0 Å². The number of hydrogen-bond donors (Lipinski definition) is 1. The monoisotopic (exact) mass is 324 g/mol. The Hall–Kier alpha value is -3.13. The number of amides is 2. The molecule has 0 saturated carbocycles. The van der Waals surface area contributed by atoms with Gasteiger partial charge in [-0.15, -0.1) is 0 Å². The molecule has 8 nitrogen and oxygen atoms in total. The maximum atomic E-state index is 12.4. The van der Waals surface area contributed by atoms with E-state index in [9.17, 15) is 9.90 Å². The molecule has 0 radical (unpaired) electrons. The van der Waals surface area contributed by atoms with E-state index < -0.39 is 11.8 Å². The van der Waals surface area contributed by atoms with Crippen LogP contribution in [0.2, 0.25) is 0 Å². The van der Waals surface area contributed by atoms with Gasteiger partial charge in [-0.2, -0.15) is 15.2 Å². The molecule has 2 amide bonds. The van der Waals surface area contributed by atoms with Crippen LogP contribution in [0.15, 0.2) is 59.3 Å². The molecule has 1 atom stereocenters. The molecular formula is C16H16N6O2. The first kappa shape index (κ1) is 15.8. The van der Waals surface area contributed by atoms with Crippen molar-refractivity contribution in [1.29, 1.82) is 0 Å². The van der Waals surface area contributed by atoms with E-state index >= 15 is 0 Å². The molecule has 3 rings (SSSR count). The van der Waals surface area contributed by atoms with Gasteiger partial charge in [0.1, 0.15) is 0 Å². The first-order valence-corrected chi connectivity index (χ1v) is 7.28. The molecule has 8 heteroatoms. The minimum absolute atomic E-state index is 0.00692. The molecule has 0 aromatic carbocycles. The minimum atomic E-state index is -1.46. The Morgan fingerprint density at radius 2 is 1.71 bits per heavy atom. The maximum Gasteiger partial charge on any atom is 0.363 e. The van der Waals surface area contributed by atoms with E-state index in [4.69, 9.17) is 0 Å². The molecule has 2 aromatic heterocycles. The summed E-state index contributed by atoms with van der Waals surface area (Å²) in [6, 6.07) is 6.63. The smallest absolute Gasteiger partial charge is 0.363 e. The second kappa shape index (κ2) is 6.55. The molecule has 1 N–H and O–H groups in total. The number of rotatable bonds is 4. The van der Waals surface area contributed by atoms with Crippen LogP contribution in [0.1, 0.15) is 18.1 Å². The average molecular weight is 324 g/mol. The molecule has 2 aromatic rings. The van der Waals surface area contributed by atoms with Crippen LogP contribution in [-0.2, 0) is 0 Å². The van der Waals surface area contributed by atoms with Crippen molar-refractivity contribution in [3.8, 4) is 0 Å². The summed E-state index contributed by atoms with van der Waals surface area (Å²) in [5.74, 6) is 0. The molecule has 24 heavy (non-hydrogen) atoms. The average Bonchev–Trinajstić information content (AvgIpc) is 2.82. The van der Waals surface area contributed by atoms with Gasteiger partial charge in [-0.25, -0.2) is 9.80 Å². The van der Waals surface area contributed by atoms with E-state index in [1.165, 1.54) is 19.4 Å². The van der Waals surface area contributed by atoms with Gasteiger partial charge in [0.2, 0.25) is 0 Å². The SMILES string of the molecule is CC1(O)CN(/N=C/c2cccnc2)C(=O)N1/N=C/c1cccnc1. The number of hydrazone groups is 2. The third-order valence-corrected chi connectivity index (χ3v) is 3.34. The molecule has 0 spiro atoms. The molecule has 1 fully saturated rings. The van der Waals surface area contributed by atoms with E-state index in [0.717, 1.165) is 21.1 Å². The number of carbonyl (C=O) groups excluding carboxylic acids is 1. The van der Waals surface area contributed by atoms with Gasteiger partial charge in [0.15, 0.2) is 5.72 Å². The lowest BCUT2D eigenvalue weighted by Gasteiger charge is -2.22. The highest BCUT2D eigenvalue weighted by atomic mass is 16.3. The van der Waals surface area contributed by atoms with E-state index in [0.29, 0.717) is 0 Å². The topological polar surface area (TPSA) is 94.3 Å². The fourth-order valence-corrected chi connectivity index (χ4v) is 2.16. The zero-order chi connectivity index (χ0) is 17.0. The lowest BCUT2D eigenvalue weighted by molar-refractivity contribution is -0.0382. The number of carbonyl (C=O) groups is 1. The number of aliphatic hydroxyl groups is 1. The molecule has 1 unspecified atom stereocenters. The summed E-state index contributed by atoms with van der Waals surface area (Å²) in [6.45, 7) is 1.51. The van der Waals surface area contributed by atoms with Gasteiger partial charge < -0.3 is 5.11 Å². The van der Waals surface area contributed by atoms with E-state index in [-0.39, 0.29) is 6.54 Å². The predicted molar refractivity (Wildman–Crippen MR) is 88.2 cm³/mol. The Kier molecular flexibility index (Phi) is 4.30. The van der Waals surface area contributed by atoms with Crippen molar-refractivity contribution in [1.82, 2.24) is 20.0 Å². The van der Waals surface area contributed by atoms with Crippen LogP contribution in [0.3, 0.4) is 0 Å². The molecule has 1 saturated heterocycles. The van der Waals surface area contributed by atoms with Crippen LogP contribution < -0.4 is 0 Å². The highest BCUT2D eigenvalue weighted by Gasteiger charge is 2.46. The highest BCUT2D eigenvalue weighted by molar-refractivity contribution is 5.84. The van der Waals surface area contributed by atoms with Crippen molar-refractivity contribution in [2.24, 2.45) is 10.2 Å². The standard InChI is InChI=1S/C16H16N6O2/c1-16(24)12-21(19-10-13-4-2-6-17-8-13)15(23)22(16)20-11-14-5-3-7-18-9-14/h2-11,24H,12H2,1H3/b19-10+,20-11+. The fourth-order valence-electron chi connectivity index (χ4n) is 2.16. The van der Waals surface area contributed by atoms with Gasteiger partial charge in [-0.3, -0.25) is 9.97 Å². The summed E-state index contributed by atoms with van der Waals surface area (Å²) in [4.78, 5) is 20.3. The van der Waals surface area contributed by atoms with Gasteiger partial charge in [0.05, 0.1) is 19.0 Å². The van der Waals surface area contributed by atoms with Crippen molar-refractivity contribution >= 4 is 18.5 Å².